The van der Waals surface area contributed by atoms with Crippen LogP contribution in [0.5, 0.6) is 0 Å². The van der Waals surface area contributed by atoms with Crippen molar-refractivity contribution in [3.8, 4) is 0 Å². The Bertz CT molecular complexity index is 311. The predicted octanol–water partition coefficient (Wildman–Crippen LogP) is 1.89. The van der Waals surface area contributed by atoms with E-state index in [1.807, 2.05) is 20.8 Å². The molecule has 0 aliphatic rings. The molecule has 0 amide bonds. The van der Waals surface area contributed by atoms with Crippen molar-refractivity contribution in [1.29, 1.82) is 0 Å². The van der Waals surface area contributed by atoms with Crippen molar-refractivity contribution in [3.63, 3.8) is 0 Å². The van der Waals surface area contributed by atoms with Gasteiger partial charge in [-0.2, -0.15) is 0 Å². The smallest absolute Gasteiger partial charge is 0.155 e. The molecule has 0 bridgehead atoms. The Labute approximate surface area is 90.1 Å². The van der Waals surface area contributed by atoms with Gasteiger partial charge in [0.25, 0.3) is 0 Å². The van der Waals surface area contributed by atoms with Crippen molar-refractivity contribution in [1.82, 2.24) is 9.97 Å². The van der Waals surface area contributed by atoms with Crippen LogP contribution in [0.3, 0.4) is 0 Å². The van der Waals surface area contributed by atoms with Crippen LogP contribution in [-0.2, 0) is 4.79 Å². The summed E-state index contributed by atoms with van der Waals surface area (Å²) in [6.07, 6.45) is 3.67. The third kappa shape index (κ3) is 3.31. The van der Waals surface area contributed by atoms with Crippen molar-refractivity contribution in [3.05, 3.63) is 18.6 Å². The normalized spacial score (nSPS) is 12.5. The molecule has 0 aliphatic carbocycles. The molecule has 4 nitrogen and oxygen atoms in total. The lowest BCUT2D eigenvalue weighted by Crippen LogP contribution is -2.34. The number of aromatic nitrogens is 2. The maximum Gasteiger partial charge on any atom is 0.155 e. The van der Waals surface area contributed by atoms with Crippen molar-refractivity contribution in [2.45, 2.75) is 33.2 Å². The number of hydrogen-bond donors (Lipinski definition) is 1. The van der Waals surface area contributed by atoms with E-state index < -0.39 is 0 Å². The highest BCUT2D eigenvalue weighted by Gasteiger charge is 2.20. The van der Waals surface area contributed by atoms with Crippen LogP contribution >= 0.6 is 0 Å². The largest absolute Gasteiger partial charge is 0.360 e. The second-order valence-corrected chi connectivity index (χ2v) is 3.78. The van der Waals surface area contributed by atoms with E-state index in [4.69, 9.17) is 0 Å². The van der Waals surface area contributed by atoms with Gasteiger partial charge in [0.1, 0.15) is 12.1 Å². The molecule has 4 heteroatoms. The number of anilines is 1. The van der Waals surface area contributed by atoms with Crippen molar-refractivity contribution in [2.75, 3.05) is 5.32 Å². The quantitative estimate of drug-likeness (QED) is 0.801. The first-order chi connectivity index (χ1) is 7.15. The van der Waals surface area contributed by atoms with E-state index in [2.05, 4.69) is 15.3 Å². The average Bonchev–Trinajstić information content (AvgIpc) is 2.26. The predicted molar refractivity (Wildman–Crippen MR) is 59.6 cm³/mol. The Morgan fingerprint density at radius 3 is 2.73 bits per heavy atom. The summed E-state index contributed by atoms with van der Waals surface area (Å²) in [5, 5.41) is 3.13. The van der Waals surface area contributed by atoms with Crippen LogP contribution in [-0.4, -0.2) is 21.8 Å². The monoisotopic (exact) mass is 207 g/mol. The fraction of sp³-hybridized carbons (Fsp3) is 0.545. The van der Waals surface area contributed by atoms with E-state index in [-0.39, 0.29) is 17.7 Å². The highest BCUT2D eigenvalue weighted by Crippen LogP contribution is 2.11. The van der Waals surface area contributed by atoms with Gasteiger partial charge in [0, 0.05) is 12.6 Å². The number of Topliss-reactive ketones (excluding diaryl/α,β-unsaturated/α-hetero) is 1. The summed E-state index contributed by atoms with van der Waals surface area (Å²) in [5.41, 5.74) is 0. The molecule has 0 saturated carbocycles. The Hall–Kier alpha value is -1.45. The van der Waals surface area contributed by atoms with Gasteiger partial charge < -0.3 is 5.32 Å². The van der Waals surface area contributed by atoms with Crippen LogP contribution < -0.4 is 5.32 Å². The molecule has 1 heterocycles. The van der Waals surface area contributed by atoms with Gasteiger partial charge in [0.15, 0.2) is 5.78 Å². The molecule has 1 aromatic rings. The minimum Gasteiger partial charge on any atom is -0.360 e. The first kappa shape index (κ1) is 11.6. The zero-order chi connectivity index (χ0) is 11.3. The molecule has 0 unspecified atom stereocenters. The lowest BCUT2D eigenvalue weighted by atomic mass is 9.98. The van der Waals surface area contributed by atoms with Gasteiger partial charge in [-0.1, -0.05) is 20.8 Å². The minimum atomic E-state index is -0.162. The summed E-state index contributed by atoms with van der Waals surface area (Å²) >= 11 is 0. The van der Waals surface area contributed by atoms with Gasteiger partial charge in [0.05, 0.1) is 6.04 Å². The number of rotatable bonds is 5. The zero-order valence-corrected chi connectivity index (χ0v) is 9.40. The van der Waals surface area contributed by atoms with E-state index in [0.717, 1.165) is 0 Å². The number of hydrogen-bond acceptors (Lipinski definition) is 4. The molecular weight excluding hydrogens is 190 g/mol. The van der Waals surface area contributed by atoms with E-state index >= 15 is 0 Å². The zero-order valence-electron chi connectivity index (χ0n) is 9.40. The second kappa shape index (κ2) is 5.44. The third-order valence-corrected chi connectivity index (χ3v) is 2.25. The van der Waals surface area contributed by atoms with Gasteiger partial charge in [-0.15, -0.1) is 0 Å². The van der Waals surface area contributed by atoms with E-state index in [0.29, 0.717) is 12.2 Å². The Kier molecular flexibility index (Phi) is 4.21. The van der Waals surface area contributed by atoms with Crippen LogP contribution in [0.2, 0.25) is 0 Å². The standard InChI is InChI=1S/C11H17N3O/c1-4-9(15)11(8(2)3)14-10-5-6-12-7-13-10/h5-8,11H,4H2,1-3H3,(H,12,13,14)/t11-/m0/s1. The summed E-state index contributed by atoms with van der Waals surface area (Å²) in [6.45, 7) is 5.91. The van der Waals surface area contributed by atoms with Crippen LogP contribution in [0.1, 0.15) is 27.2 Å². The lowest BCUT2D eigenvalue weighted by molar-refractivity contribution is -0.120. The Morgan fingerprint density at radius 1 is 1.53 bits per heavy atom. The molecule has 0 spiro atoms. The summed E-state index contributed by atoms with van der Waals surface area (Å²) in [7, 11) is 0. The fourth-order valence-electron chi connectivity index (χ4n) is 1.37. The van der Waals surface area contributed by atoms with Crippen molar-refractivity contribution >= 4 is 11.6 Å². The lowest BCUT2D eigenvalue weighted by Gasteiger charge is -2.20. The summed E-state index contributed by atoms with van der Waals surface area (Å²) < 4.78 is 0. The molecule has 15 heavy (non-hydrogen) atoms. The number of nitrogens with zero attached hydrogens (tertiary/aromatic N) is 2. The van der Waals surface area contributed by atoms with Crippen LogP contribution in [0.15, 0.2) is 18.6 Å². The number of carbonyl (C=O) groups is 1. The molecule has 1 N–H and O–H groups in total. The molecular formula is C11H17N3O. The minimum absolute atomic E-state index is 0.162. The molecule has 1 aromatic heterocycles. The summed E-state index contributed by atoms with van der Waals surface area (Å²) in [6, 6.07) is 1.60. The maximum absolute atomic E-state index is 11.7. The molecule has 0 fully saturated rings. The summed E-state index contributed by atoms with van der Waals surface area (Å²) in [4.78, 5) is 19.5. The first-order valence-corrected chi connectivity index (χ1v) is 5.20. The molecule has 1 rings (SSSR count). The van der Waals surface area contributed by atoms with E-state index in [1.54, 1.807) is 12.3 Å². The molecule has 0 radical (unpaired) electrons. The van der Waals surface area contributed by atoms with Gasteiger partial charge in [-0.3, -0.25) is 4.79 Å². The van der Waals surface area contributed by atoms with E-state index in [9.17, 15) is 4.79 Å². The highest BCUT2D eigenvalue weighted by atomic mass is 16.1. The first-order valence-electron chi connectivity index (χ1n) is 5.20. The number of nitrogens with one attached hydrogen (secondary N) is 1. The van der Waals surface area contributed by atoms with Gasteiger partial charge in [-0.25, -0.2) is 9.97 Å². The van der Waals surface area contributed by atoms with Gasteiger partial charge >= 0.3 is 0 Å². The third-order valence-electron chi connectivity index (χ3n) is 2.25. The number of ketones is 1. The van der Waals surface area contributed by atoms with Crippen molar-refractivity contribution < 1.29 is 4.79 Å². The topological polar surface area (TPSA) is 54.9 Å². The Balaban J connectivity index is 2.72. The Morgan fingerprint density at radius 2 is 2.27 bits per heavy atom. The molecule has 0 aromatic carbocycles. The SMILES string of the molecule is CCC(=O)[C@@H](Nc1ccncn1)C(C)C. The maximum atomic E-state index is 11.7. The van der Waals surface area contributed by atoms with Crippen molar-refractivity contribution in [2.24, 2.45) is 5.92 Å². The number of carbonyl (C=O) groups excluding carboxylic acids is 1. The molecule has 82 valence electrons. The van der Waals surface area contributed by atoms with Crippen LogP contribution in [0.4, 0.5) is 5.82 Å². The van der Waals surface area contributed by atoms with Gasteiger partial charge in [0.2, 0.25) is 0 Å². The van der Waals surface area contributed by atoms with Crippen LogP contribution in [0, 0.1) is 5.92 Å². The van der Waals surface area contributed by atoms with Crippen LogP contribution in [0.25, 0.3) is 0 Å². The van der Waals surface area contributed by atoms with Gasteiger partial charge in [-0.05, 0) is 12.0 Å². The molecule has 0 saturated heterocycles. The molecule has 0 aliphatic heterocycles. The molecule has 1 atom stereocenters. The highest BCUT2D eigenvalue weighted by molar-refractivity contribution is 5.86. The average molecular weight is 207 g/mol. The second-order valence-electron chi connectivity index (χ2n) is 3.78. The fourth-order valence-corrected chi connectivity index (χ4v) is 1.37. The van der Waals surface area contributed by atoms with E-state index in [1.165, 1.54) is 6.33 Å². The summed E-state index contributed by atoms with van der Waals surface area (Å²) in [5.74, 6) is 1.17.